The molecule has 7 heteroatoms. The average molecular weight is 298 g/mol. The second-order valence-corrected chi connectivity index (χ2v) is 5.91. The van der Waals surface area contributed by atoms with Gasteiger partial charge in [0.2, 0.25) is 5.01 Å². The van der Waals surface area contributed by atoms with Gasteiger partial charge in [-0.25, -0.2) is 9.78 Å². The van der Waals surface area contributed by atoms with E-state index in [0.29, 0.717) is 25.9 Å². The predicted octanol–water partition coefficient (Wildman–Crippen LogP) is 1.31. The molecule has 110 valence electrons. The van der Waals surface area contributed by atoms with Crippen molar-refractivity contribution in [1.29, 1.82) is 0 Å². The SMILES string of the molecule is CCOC(=O)c1nc(C(=O)N2CCC(C)(O)CC2)cs1. The third-order valence-corrected chi connectivity index (χ3v) is 4.12. The van der Waals surface area contributed by atoms with Crippen molar-refractivity contribution in [3.63, 3.8) is 0 Å². The molecule has 1 aliphatic rings. The van der Waals surface area contributed by atoms with Crippen LogP contribution < -0.4 is 0 Å². The summed E-state index contributed by atoms with van der Waals surface area (Å²) in [6.07, 6.45) is 1.10. The highest BCUT2D eigenvalue weighted by Crippen LogP contribution is 2.23. The van der Waals surface area contributed by atoms with Crippen LogP contribution in [0.4, 0.5) is 0 Å². The smallest absolute Gasteiger partial charge is 0.367 e. The summed E-state index contributed by atoms with van der Waals surface area (Å²) < 4.78 is 4.84. The molecule has 1 aromatic heterocycles. The van der Waals surface area contributed by atoms with E-state index in [-0.39, 0.29) is 23.2 Å². The minimum absolute atomic E-state index is 0.194. The number of ether oxygens (including phenoxy) is 1. The number of esters is 1. The fraction of sp³-hybridized carbons (Fsp3) is 0.615. The van der Waals surface area contributed by atoms with Crippen LogP contribution in [-0.4, -0.2) is 52.2 Å². The van der Waals surface area contributed by atoms with Gasteiger partial charge in [0, 0.05) is 18.5 Å². The van der Waals surface area contributed by atoms with Crippen molar-refractivity contribution in [2.45, 2.75) is 32.3 Å². The molecule has 2 heterocycles. The first-order valence-electron chi connectivity index (χ1n) is 6.57. The molecular formula is C13H18N2O4S. The quantitative estimate of drug-likeness (QED) is 0.851. The van der Waals surface area contributed by atoms with Crippen LogP contribution in [0.25, 0.3) is 0 Å². The molecule has 1 aromatic rings. The summed E-state index contributed by atoms with van der Waals surface area (Å²) in [5.74, 6) is -0.703. The van der Waals surface area contributed by atoms with Crippen LogP contribution >= 0.6 is 11.3 Å². The summed E-state index contributed by atoms with van der Waals surface area (Å²) in [5.41, 5.74) is -0.436. The molecule has 1 aliphatic heterocycles. The molecule has 0 atom stereocenters. The molecular weight excluding hydrogens is 280 g/mol. The Bertz CT molecular complexity index is 502. The van der Waals surface area contributed by atoms with E-state index in [1.54, 1.807) is 24.1 Å². The van der Waals surface area contributed by atoms with Gasteiger partial charge in [-0.1, -0.05) is 0 Å². The monoisotopic (exact) mass is 298 g/mol. The molecule has 0 unspecified atom stereocenters. The normalized spacial score (nSPS) is 17.9. The first-order valence-corrected chi connectivity index (χ1v) is 7.45. The second-order valence-electron chi connectivity index (χ2n) is 5.05. The molecule has 1 N–H and O–H groups in total. The van der Waals surface area contributed by atoms with Gasteiger partial charge in [0.05, 0.1) is 12.2 Å². The topological polar surface area (TPSA) is 79.7 Å². The molecule has 1 fully saturated rings. The Morgan fingerprint density at radius 3 is 2.75 bits per heavy atom. The van der Waals surface area contributed by atoms with Gasteiger partial charge in [0.25, 0.3) is 5.91 Å². The molecule has 20 heavy (non-hydrogen) atoms. The van der Waals surface area contributed by atoms with Crippen LogP contribution in [0.5, 0.6) is 0 Å². The van der Waals surface area contributed by atoms with Gasteiger partial charge in [-0.15, -0.1) is 11.3 Å². The molecule has 1 amide bonds. The van der Waals surface area contributed by atoms with Crippen LogP contribution in [0.3, 0.4) is 0 Å². The number of hydrogen-bond donors (Lipinski definition) is 1. The third kappa shape index (κ3) is 3.34. The zero-order valence-corrected chi connectivity index (χ0v) is 12.4. The van der Waals surface area contributed by atoms with E-state index in [4.69, 9.17) is 4.74 Å². The molecule has 0 aliphatic carbocycles. The zero-order valence-electron chi connectivity index (χ0n) is 11.6. The van der Waals surface area contributed by atoms with E-state index in [0.717, 1.165) is 11.3 Å². The summed E-state index contributed by atoms with van der Waals surface area (Å²) in [5, 5.41) is 11.6. The first-order chi connectivity index (χ1) is 9.43. The number of aromatic nitrogens is 1. The average Bonchev–Trinajstić information content (AvgIpc) is 2.88. The van der Waals surface area contributed by atoms with Crippen LogP contribution in [0.15, 0.2) is 5.38 Å². The van der Waals surface area contributed by atoms with Crippen molar-refractivity contribution in [1.82, 2.24) is 9.88 Å². The summed E-state index contributed by atoms with van der Waals surface area (Å²) in [6, 6.07) is 0. The number of carbonyl (C=O) groups excluding carboxylic acids is 2. The Hall–Kier alpha value is -1.47. The summed E-state index contributed by atoms with van der Waals surface area (Å²) in [7, 11) is 0. The number of hydrogen-bond acceptors (Lipinski definition) is 6. The molecule has 0 radical (unpaired) electrons. The minimum Gasteiger partial charge on any atom is -0.461 e. The lowest BCUT2D eigenvalue weighted by Crippen LogP contribution is -2.45. The fourth-order valence-electron chi connectivity index (χ4n) is 2.01. The Balaban J connectivity index is 2.02. The fourth-order valence-corrected chi connectivity index (χ4v) is 2.70. The maximum atomic E-state index is 12.2. The highest BCUT2D eigenvalue weighted by molar-refractivity contribution is 7.11. The predicted molar refractivity (Wildman–Crippen MR) is 73.8 cm³/mol. The van der Waals surface area contributed by atoms with Gasteiger partial charge >= 0.3 is 5.97 Å². The van der Waals surface area contributed by atoms with Gasteiger partial charge in [-0.05, 0) is 26.7 Å². The van der Waals surface area contributed by atoms with Crippen molar-refractivity contribution in [3.05, 3.63) is 16.1 Å². The minimum atomic E-state index is -0.699. The summed E-state index contributed by atoms with van der Waals surface area (Å²) in [4.78, 5) is 29.4. The lowest BCUT2D eigenvalue weighted by Gasteiger charge is -2.35. The van der Waals surface area contributed by atoms with Gasteiger partial charge in [0.1, 0.15) is 5.69 Å². The molecule has 0 aromatic carbocycles. The Morgan fingerprint density at radius 2 is 2.15 bits per heavy atom. The maximum Gasteiger partial charge on any atom is 0.367 e. The van der Waals surface area contributed by atoms with Crippen LogP contribution in [0.2, 0.25) is 0 Å². The number of rotatable bonds is 3. The summed E-state index contributed by atoms with van der Waals surface area (Å²) in [6.45, 7) is 4.77. The van der Waals surface area contributed by atoms with Crippen molar-refractivity contribution in [2.75, 3.05) is 19.7 Å². The Labute approximate surface area is 121 Å². The van der Waals surface area contributed by atoms with Crippen LogP contribution in [-0.2, 0) is 4.74 Å². The number of carbonyl (C=O) groups is 2. The van der Waals surface area contributed by atoms with Crippen molar-refractivity contribution >= 4 is 23.2 Å². The molecule has 2 rings (SSSR count). The molecule has 0 spiro atoms. The highest BCUT2D eigenvalue weighted by Gasteiger charge is 2.31. The van der Waals surface area contributed by atoms with E-state index in [1.807, 2.05) is 0 Å². The van der Waals surface area contributed by atoms with Crippen molar-refractivity contribution in [2.24, 2.45) is 0 Å². The molecule has 0 saturated carbocycles. The van der Waals surface area contributed by atoms with Crippen LogP contribution in [0.1, 0.15) is 47.0 Å². The van der Waals surface area contributed by atoms with Crippen molar-refractivity contribution in [3.8, 4) is 0 Å². The maximum absolute atomic E-state index is 12.2. The van der Waals surface area contributed by atoms with E-state index < -0.39 is 11.6 Å². The number of thiazole rings is 1. The van der Waals surface area contributed by atoms with E-state index in [9.17, 15) is 14.7 Å². The number of piperidine rings is 1. The lowest BCUT2D eigenvalue weighted by atomic mass is 9.94. The van der Waals surface area contributed by atoms with E-state index >= 15 is 0 Å². The number of nitrogens with zero attached hydrogens (tertiary/aromatic N) is 2. The van der Waals surface area contributed by atoms with Gasteiger partial charge in [0.15, 0.2) is 0 Å². The van der Waals surface area contributed by atoms with Gasteiger partial charge in [-0.3, -0.25) is 4.79 Å². The van der Waals surface area contributed by atoms with Crippen LogP contribution in [0, 0.1) is 0 Å². The van der Waals surface area contributed by atoms with E-state index in [2.05, 4.69) is 4.98 Å². The van der Waals surface area contributed by atoms with Crippen molar-refractivity contribution < 1.29 is 19.4 Å². The standard InChI is InChI=1S/C13H18N2O4S/c1-3-19-12(17)10-14-9(8-20-10)11(16)15-6-4-13(2,18)5-7-15/h8,18H,3-7H2,1-2H3. The third-order valence-electron chi connectivity index (χ3n) is 3.30. The number of aliphatic hydroxyl groups is 1. The largest absolute Gasteiger partial charge is 0.461 e. The first kappa shape index (κ1) is 14.9. The Morgan fingerprint density at radius 1 is 1.50 bits per heavy atom. The lowest BCUT2D eigenvalue weighted by molar-refractivity contribution is -0.00217. The zero-order chi connectivity index (χ0) is 14.8. The molecule has 1 saturated heterocycles. The summed E-state index contributed by atoms with van der Waals surface area (Å²) >= 11 is 1.11. The number of amides is 1. The highest BCUT2D eigenvalue weighted by atomic mass is 32.1. The second kappa shape index (κ2) is 5.88. The van der Waals surface area contributed by atoms with Gasteiger partial charge in [-0.2, -0.15) is 0 Å². The Kier molecular flexibility index (Phi) is 4.39. The van der Waals surface area contributed by atoms with E-state index in [1.165, 1.54) is 0 Å². The molecule has 6 nitrogen and oxygen atoms in total. The number of likely N-dealkylation sites (tertiary alicyclic amines) is 1. The van der Waals surface area contributed by atoms with Gasteiger partial charge < -0.3 is 14.7 Å². The molecule has 0 bridgehead atoms.